The molecule has 13 heavy (non-hydrogen) atoms. The SMILES string of the molecule is C\C=C/C(C)=C\C=C(/C)C(F)(F)F. The number of rotatable bonds is 2. The van der Waals surface area contributed by atoms with Crippen LogP contribution in [-0.4, -0.2) is 6.18 Å². The molecule has 74 valence electrons. The maximum absolute atomic E-state index is 12.0. The van der Waals surface area contributed by atoms with Crippen molar-refractivity contribution < 1.29 is 13.2 Å². The third-order valence-corrected chi connectivity index (χ3v) is 1.47. The van der Waals surface area contributed by atoms with Crippen molar-refractivity contribution in [3.63, 3.8) is 0 Å². The highest BCUT2D eigenvalue weighted by Crippen LogP contribution is 2.24. The van der Waals surface area contributed by atoms with Gasteiger partial charge in [-0.3, -0.25) is 0 Å². The molecule has 0 radical (unpaired) electrons. The number of allylic oxidation sites excluding steroid dienone is 6. The van der Waals surface area contributed by atoms with Crippen LogP contribution in [-0.2, 0) is 0 Å². The largest absolute Gasteiger partial charge is 0.412 e. The lowest BCUT2D eigenvalue weighted by Gasteiger charge is -2.04. The smallest absolute Gasteiger partial charge is 0.166 e. The minimum absolute atomic E-state index is 0.587. The topological polar surface area (TPSA) is 0 Å². The molecule has 0 heterocycles. The Bertz CT molecular complexity index is 241. The average molecular weight is 190 g/mol. The Hall–Kier alpha value is -0.990. The molecule has 0 aliphatic heterocycles. The molecule has 3 heteroatoms. The van der Waals surface area contributed by atoms with Gasteiger partial charge >= 0.3 is 6.18 Å². The summed E-state index contributed by atoms with van der Waals surface area (Å²) in [6.07, 6.45) is 1.84. The Morgan fingerprint density at radius 2 is 1.62 bits per heavy atom. The molecule has 0 unspecified atom stereocenters. The molecule has 0 fully saturated rings. The van der Waals surface area contributed by atoms with E-state index in [4.69, 9.17) is 0 Å². The van der Waals surface area contributed by atoms with Gasteiger partial charge in [-0.1, -0.05) is 29.9 Å². The van der Waals surface area contributed by atoms with Gasteiger partial charge in [-0.25, -0.2) is 0 Å². The van der Waals surface area contributed by atoms with Crippen molar-refractivity contribution in [2.75, 3.05) is 0 Å². The molecule has 0 nitrogen and oxygen atoms in total. The van der Waals surface area contributed by atoms with Gasteiger partial charge < -0.3 is 0 Å². The maximum atomic E-state index is 12.0. The van der Waals surface area contributed by atoms with Crippen LogP contribution in [0.2, 0.25) is 0 Å². The molecule has 0 aromatic carbocycles. The maximum Gasteiger partial charge on any atom is 0.412 e. The van der Waals surface area contributed by atoms with Gasteiger partial charge in [0.2, 0.25) is 0 Å². The predicted molar refractivity (Wildman–Crippen MR) is 48.4 cm³/mol. The van der Waals surface area contributed by atoms with Crippen molar-refractivity contribution in [3.05, 3.63) is 35.5 Å². The van der Waals surface area contributed by atoms with E-state index in [2.05, 4.69) is 0 Å². The highest BCUT2D eigenvalue weighted by Gasteiger charge is 2.29. The molecule has 0 aromatic heterocycles. The van der Waals surface area contributed by atoms with Gasteiger partial charge in [-0.05, 0) is 20.8 Å². The van der Waals surface area contributed by atoms with Crippen molar-refractivity contribution in [3.8, 4) is 0 Å². The van der Waals surface area contributed by atoms with E-state index in [1.165, 1.54) is 6.08 Å². The standard InChI is InChI=1S/C10H13F3/c1-4-5-8(2)6-7-9(3)10(11,12)13/h4-7H,1-3H3/b5-4-,8-6-,9-7+. The summed E-state index contributed by atoms with van der Waals surface area (Å²) in [6, 6.07) is 0. The Balaban J connectivity index is 4.51. The minimum atomic E-state index is -4.22. The first kappa shape index (κ1) is 12.0. The Morgan fingerprint density at radius 3 is 2.00 bits per heavy atom. The second-order valence-corrected chi connectivity index (χ2v) is 2.76. The van der Waals surface area contributed by atoms with Gasteiger partial charge in [0.05, 0.1) is 0 Å². The lowest BCUT2D eigenvalue weighted by atomic mass is 10.2. The molecular formula is C10H13F3. The number of alkyl halides is 3. The third-order valence-electron chi connectivity index (χ3n) is 1.47. The zero-order valence-corrected chi connectivity index (χ0v) is 7.94. The monoisotopic (exact) mass is 190 g/mol. The summed E-state index contributed by atoms with van der Waals surface area (Å²) in [4.78, 5) is 0. The molecule has 0 spiro atoms. The van der Waals surface area contributed by atoms with E-state index in [0.29, 0.717) is 0 Å². The van der Waals surface area contributed by atoms with Crippen LogP contribution in [0.4, 0.5) is 13.2 Å². The van der Waals surface area contributed by atoms with Gasteiger partial charge in [0.25, 0.3) is 0 Å². The molecule has 0 atom stereocenters. The molecule has 0 aliphatic carbocycles. The lowest BCUT2D eigenvalue weighted by Crippen LogP contribution is -2.08. The molecule has 0 N–H and O–H groups in total. The van der Waals surface area contributed by atoms with Crippen LogP contribution < -0.4 is 0 Å². The average Bonchev–Trinajstić information content (AvgIpc) is 1.99. The minimum Gasteiger partial charge on any atom is -0.166 e. The highest BCUT2D eigenvalue weighted by atomic mass is 19.4. The predicted octanol–water partition coefficient (Wildman–Crippen LogP) is 4.02. The summed E-state index contributed by atoms with van der Waals surface area (Å²) >= 11 is 0. The number of halogens is 3. The summed E-state index contributed by atoms with van der Waals surface area (Å²) in [5.41, 5.74) is 0.211. The van der Waals surface area contributed by atoms with Crippen molar-refractivity contribution >= 4 is 0 Å². The Kier molecular flexibility index (Phi) is 4.52. The van der Waals surface area contributed by atoms with Gasteiger partial charge in [0, 0.05) is 5.57 Å². The van der Waals surface area contributed by atoms with Crippen LogP contribution in [0.1, 0.15) is 20.8 Å². The number of hydrogen-bond acceptors (Lipinski definition) is 0. The second-order valence-electron chi connectivity index (χ2n) is 2.76. The van der Waals surface area contributed by atoms with Gasteiger partial charge in [0.1, 0.15) is 0 Å². The van der Waals surface area contributed by atoms with Crippen LogP contribution in [0, 0.1) is 0 Å². The summed E-state index contributed by atoms with van der Waals surface area (Å²) in [7, 11) is 0. The summed E-state index contributed by atoms with van der Waals surface area (Å²) in [6.45, 7) is 4.62. The number of hydrogen-bond donors (Lipinski definition) is 0. The molecule has 0 bridgehead atoms. The second kappa shape index (κ2) is 4.90. The molecule has 0 aromatic rings. The van der Waals surface area contributed by atoms with Crippen LogP contribution in [0.3, 0.4) is 0 Å². The Morgan fingerprint density at radius 1 is 1.08 bits per heavy atom. The molecule has 0 aliphatic rings. The van der Waals surface area contributed by atoms with Crippen LogP contribution >= 0.6 is 0 Å². The first-order chi connectivity index (χ1) is 5.88. The lowest BCUT2D eigenvalue weighted by molar-refractivity contribution is -0.0912. The summed E-state index contributed by atoms with van der Waals surface area (Å²) < 4.78 is 35.9. The molecule has 0 rings (SSSR count). The van der Waals surface area contributed by atoms with Crippen molar-refractivity contribution in [2.45, 2.75) is 26.9 Å². The van der Waals surface area contributed by atoms with E-state index in [-0.39, 0.29) is 0 Å². The Labute approximate surface area is 76.5 Å². The van der Waals surface area contributed by atoms with Gasteiger partial charge in [0.15, 0.2) is 0 Å². The van der Waals surface area contributed by atoms with E-state index in [1.54, 1.807) is 19.1 Å². The molecular weight excluding hydrogens is 177 g/mol. The first-order valence-corrected chi connectivity index (χ1v) is 3.93. The molecule has 0 saturated heterocycles. The van der Waals surface area contributed by atoms with E-state index in [9.17, 15) is 13.2 Å². The van der Waals surface area contributed by atoms with Crippen molar-refractivity contribution in [1.82, 2.24) is 0 Å². The van der Waals surface area contributed by atoms with E-state index in [0.717, 1.165) is 18.6 Å². The zero-order chi connectivity index (χ0) is 10.5. The first-order valence-electron chi connectivity index (χ1n) is 3.93. The fourth-order valence-electron chi connectivity index (χ4n) is 0.669. The van der Waals surface area contributed by atoms with Crippen molar-refractivity contribution in [1.29, 1.82) is 0 Å². The quantitative estimate of drug-likeness (QED) is 0.577. The van der Waals surface area contributed by atoms with E-state index in [1.807, 2.05) is 6.92 Å². The summed E-state index contributed by atoms with van der Waals surface area (Å²) in [5, 5.41) is 0. The molecule has 0 amide bonds. The van der Waals surface area contributed by atoms with Crippen molar-refractivity contribution in [2.24, 2.45) is 0 Å². The van der Waals surface area contributed by atoms with Gasteiger partial charge in [-0.2, -0.15) is 13.2 Å². The highest BCUT2D eigenvalue weighted by molar-refractivity contribution is 5.24. The third kappa shape index (κ3) is 5.28. The normalized spacial score (nSPS) is 15.5. The summed E-state index contributed by atoms with van der Waals surface area (Å²) in [5.74, 6) is 0. The fraction of sp³-hybridized carbons (Fsp3) is 0.400. The van der Waals surface area contributed by atoms with E-state index >= 15 is 0 Å². The van der Waals surface area contributed by atoms with Crippen LogP contribution in [0.25, 0.3) is 0 Å². The van der Waals surface area contributed by atoms with Gasteiger partial charge in [-0.15, -0.1) is 0 Å². The molecule has 0 saturated carbocycles. The van der Waals surface area contributed by atoms with E-state index < -0.39 is 11.7 Å². The van der Waals surface area contributed by atoms with Crippen LogP contribution in [0.15, 0.2) is 35.5 Å². The zero-order valence-electron chi connectivity index (χ0n) is 7.94. The fourth-order valence-corrected chi connectivity index (χ4v) is 0.669. The van der Waals surface area contributed by atoms with Crippen LogP contribution in [0.5, 0.6) is 0 Å².